The molecule has 0 unspecified atom stereocenters. The third kappa shape index (κ3) is 4.72. The summed E-state index contributed by atoms with van der Waals surface area (Å²) in [7, 11) is 0. The molecule has 4 rings (SSSR count). The van der Waals surface area contributed by atoms with Crippen LogP contribution in [0.25, 0.3) is 22.5 Å². The molecule has 0 spiro atoms. The third-order valence-corrected chi connectivity index (χ3v) is 5.35. The minimum Gasteiger partial charge on any atom is -0.325 e. The smallest absolute Gasteiger partial charge is 0.234 e. The van der Waals surface area contributed by atoms with Gasteiger partial charge in [-0.15, -0.1) is 10.2 Å². The monoisotopic (exact) mass is 412 g/mol. The molecule has 148 valence electrons. The molecule has 1 aromatic heterocycles. The normalized spacial score (nSPS) is 10.6. The van der Waals surface area contributed by atoms with Crippen molar-refractivity contribution in [2.24, 2.45) is 0 Å². The van der Waals surface area contributed by atoms with Crippen LogP contribution in [0, 0.1) is 6.92 Å². The van der Waals surface area contributed by atoms with Crippen LogP contribution in [0.15, 0.2) is 90.1 Å². The van der Waals surface area contributed by atoms with Gasteiger partial charge in [0.15, 0.2) is 0 Å². The van der Waals surface area contributed by atoms with Gasteiger partial charge in [0.05, 0.1) is 5.75 Å². The summed E-state index contributed by atoms with van der Waals surface area (Å²) in [6, 6.07) is 27.4. The lowest BCUT2D eigenvalue weighted by Crippen LogP contribution is -2.15. The van der Waals surface area contributed by atoms with Crippen LogP contribution >= 0.6 is 11.8 Å². The molecule has 4 aromatic rings. The minimum atomic E-state index is -0.105. The molecule has 1 heterocycles. The zero-order chi connectivity index (χ0) is 20.8. The van der Waals surface area contributed by atoms with Gasteiger partial charge < -0.3 is 5.32 Å². The molecule has 6 heteroatoms. The number of anilines is 1. The van der Waals surface area contributed by atoms with Crippen LogP contribution < -0.4 is 5.32 Å². The summed E-state index contributed by atoms with van der Waals surface area (Å²) in [6.45, 7) is 1.96. The van der Waals surface area contributed by atoms with Gasteiger partial charge in [-0.3, -0.25) is 4.79 Å². The van der Waals surface area contributed by atoms with Crippen LogP contribution in [-0.4, -0.2) is 26.8 Å². The number of rotatable bonds is 6. The largest absolute Gasteiger partial charge is 0.325 e. The lowest BCUT2D eigenvalue weighted by Gasteiger charge is -2.10. The van der Waals surface area contributed by atoms with Gasteiger partial charge >= 0.3 is 0 Å². The molecule has 1 amide bonds. The fourth-order valence-electron chi connectivity index (χ4n) is 2.99. The van der Waals surface area contributed by atoms with E-state index in [0.717, 1.165) is 33.8 Å². The number of hydrogen-bond donors (Lipinski definition) is 1. The molecular formula is C24H20N4OS. The Hall–Kier alpha value is -3.51. The van der Waals surface area contributed by atoms with E-state index < -0.39 is 0 Å². The molecule has 0 radical (unpaired) electrons. The van der Waals surface area contributed by atoms with Gasteiger partial charge in [0.25, 0.3) is 0 Å². The van der Waals surface area contributed by atoms with Crippen molar-refractivity contribution in [2.75, 3.05) is 11.1 Å². The van der Waals surface area contributed by atoms with Crippen LogP contribution in [0.1, 0.15) is 5.56 Å². The van der Waals surface area contributed by atoms with Crippen molar-refractivity contribution in [3.8, 4) is 22.5 Å². The second-order valence-electron chi connectivity index (χ2n) is 6.68. The van der Waals surface area contributed by atoms with E-state index in [4.69, 9.17) is 4.98 Å². The highest BCUT2D eigenvalue weighted by Crippen LogP contribution is 2.29. The average Bonchev–Trinajstić information content (AvgIpc) is 2.80. The Kier molecular flexibility index (Phi) is 6.15. The number of aromatic nitrogens is 3. The summed E-state index contributed by atoms with van der Waals surface area (Å²) in [4.78, 5) is 17.1. The fraction of sp³-hybridized carbons (Fsp3) is 0.0833. The lowest BCUT2D eigenvalue weighted by molar-refractivity contribution is -0.113. The first-order chi connectivity index (χ1) is 14.7. The summed E-state index contributed by atoms with van der Waals surface area (Å²) >= 11 is 1.27. The number of aryl methyl sites for hydroxylation is 1. The number of benzene rings is 3. The zero-order valence-electron chi connectivity index (χ0n) is 16.4. The summed E-state index contributed by atoms with van der Waals surface area (Å²) < 4.78 is 0. The summed E-state index contributed by atoms with van der Waals surface area (Å²) in [6.07, 6.45) is 0. The SMILES string of the molecule is Cc1ccccc1NC(=O)CSc1nnc(-c2ccccc2)c(-c2ccccc2)n1. The van der Waals surface area contributed by atoms with E-state index in [-0.39, 0.29) is 11.7 Å². The molecular weight excluding hydrogens is 392 g/mol. The Bertz CT molecular complexity index is 1150. The standard InChI is InChI=1S/C24H20N4OS/c1-17-10-8-9-15-20(17)25-21(29)16-30-24-26-22(18-11-4-2-5-12-18)23(27-28-24)19-13-6-3-7-14-19/h2-15H,16H2,1H3,(H,25,29). The maximum atomic E-state index is 12.4. The van der Waals surface area contributed by atoms with Crippen molar-refractivity contribution in [1.29, 1.82) is 0 Å². The quantitative estimate of drug-likeness (QED) is 0.438. The fourth-order valence-corrected chi connectivity index (χ4v) is 3.58. The first kappa shape index (κ1) is 19.8. The topological polar surface area (TPSA) is 67.8 Å². The molecule has 0 atom stereocenters. The van der Waals surface area contributed by atoms with E-state index in [1.165, 1.54) is 11.8 Å². The van der Waals surface area contributed by atoms with Gasteiger partial charge in [-0.2, -0.15) is 0 Å². The Morgan fingerprint density at radius 3 is 2.07 bits per heavy atom. The minimum absolute atomic E-state index is 0.105. The summed E-state index contributed by atoms with van der Waals surface area (Å²) in [5, 5.41) is 12.1. The highest BCUT2D eigenvalue weighted by Gasteiger charge is 2.14. The predicted octanol–water partition coefficient (Wildman–Crippen LogP) is 5.24. The van der Waals surface area contributed by atoms with E-state index in [9.17, 15) is 4.79 Å². The van der Waals surface area contributed by atoms with Crippen molar-refractivity contribution in [1.82, 2.24) is 15.2 Å². The van der Waals surface area contributed by atoms with Crippen molar-refractivity contribution >= 4 is 23.4 Å². The van der Waals surface area contributed by atoms with E-state index in [1.807, 2.05) is 91.9 Å². The predicted molar refractivity (Wildman–Crippen MR) is 121 cm³/mol. The maximum Gasteiger partial charge on any atom is 0.234 e. The molecule has 0 bridgehead atoms. The van der Waals surface area contributed by atoms with Crippen molar-refractivity contribution < 1.29 is 4.79 Å². The second-order valence-corrected chi connectivity index (χ2v) is 7.62. The first-order valence-electron chi connectivity index (χ1n) is 9.54. The number of para-hydroxylation sites is 1. The van der Waals surface area contributed by atoms with Crippen molar-refractivity contribution in [2.45, 2.75) is 12.1 Å². The van der Waals surface area contributed by atoms with Crippen molar-refractivity contribution in [3.63, 3.8) is 0 Å². The molecule has 5 nitrogen and oxygen atoms in total. The molecule has 1 N–H and O–H groups in total. The van der Waals surface area contributed by atoms with E-state index in [1.54, 1.807) is 0 Å². The molecule has 0 fully saturated rings. The molecule has 0 aliphatic carbocycles. The second kappa shape index (κ2) is 9.33. The van der Waals surface area contributed by atoms with Crippen LogP contribution in [0.3, 0.4) is 0 Å². The zero-order valence-corrected chi connectivity index (χ0v) is 17.3. The van der Waals surface area contributed by atoms with Crippen LogP contribution in [0.2, 0.25) is 0 Å². The average molecular weight is 413 g/mol. The number of nitrogens with zero attached hydrogens (tertiary/aromatic N) is 3. The lowest BCUT2D eigenvalue weighted by atomic mass is 10.0. The number of thioether (sulfide) groups is 1. The summed E-state index contributed by atoms with van der Waals surface area (Å²) in [5.41, 5.74) is 5.20. The highest BCUT2D eigenvalue weighted by molar-refractivity contribution is 7.99. The van der Waals surface area contributed by atoms with Gasteiger partial charge in [0, 0.05) is 16.8 Å². The number of carbonyl (C=O) groups is 1. The Morgan fingerprint density at radius 1 is 0.800 bits per heavy atom. The van der Waals surface area contributed by atoms with Gasteiger partial charge in [0.2, 0.25) is 11.1 Å². The maximum absolute atomic E-state index is 12.4. The van der Waals surface area contributed by atoms with E-state index in [2.05, 4.69) is 15.5 Å². The summed E-state index contributed by atoms with van der Waals surface area (Å²) in [5.74, 6) is 0.0980. The Labute approximate surface area is 179 Å². The molecule has 3 aromatic carbocycles. The van der Waals surface area contributed by atoms with Gasteiger partial charge in [-0.05, 0) is 18.6 Å². The number of amides is 1. The molecule has 30 heavy (non-hydrogen) atoms. The van der Waals surface area contributed by atoms with Crippen LogP contribution in [-0.2, 0) is 4.79 Å². The van der Waals surface area contributed by atoms with E-state index >= 15 is 0 Å². The molecule has 0 aliphatic heterocycles. The Balaban J connectivity index is 1.56. The molecule has 0 aliphatic rings. The number of carbonyl (C=O) groups excluding carboxylic acids is 1. The van der Waals surface area contributed by atoms with E-state index in [0.29, 0.717) is 5.16 Å². The molecule has 0 saturated heterocycles. The van der Waals surface area contributed by atoms with Gasteiger partial charge in [0.1, 0.15) is 11.4 Å². The van der Waals surface area contributed by atoms with Crippen LogP contribution in [0.5, 0.6) is 0 Å². The van der Waals surface area contributed by atoms with Crippen molar-refractivity contribution in [3.05, 3.63) is 90.5 Å². The number of nitrogens with one attached hydrogen (secondary N) is 1. The van der Waals surface area contributed by atoms with Crippen LogP contribution in [0.4, 0.5) is 5.69 Å². The third-order valence-electron chi connectivity index (χ3n) is 4.51. The van der Waals surface area contributed by atoms with Gasteiger partial charge in [-0.25, -0.2) is 4.98 Å². The Morgan fingerprint density at radius 2 is 1.40 bits per heavy atom. The highest BCUT2D eigenvalue weighted by atomic mass is 32.2. The number of hydrogen-bond acceptors (Lipinski definition) is 5. The first-order valence-corrected chi connectivity index (χ1v) is 10.5. The van der Waals surface area contributed by atoms with Gasteiger partial charge in [-0.1, -0.05) is 90.6 Å². The molecule has 0 saturated carbocycles.